The fourth-order valence-electron chi connectivity index (χ4n) is 1.85. The lowest BCUT2D eigenvalue weighted by molar-refractivity contribution is 0.0746. The van der Waals surface area contributed by atoms with Crippen molar-refractivity contribution in [1.29, 1.82) is 0 Å². The number of amidine groups is 1. The number of oxime groups is 1. The Morgan fingerprint density at radius 2 is 2.05 bits per heavy atom. The smallest absolute Gasteiger partial charge is 0.253 e. The molecule has 3 N–H and O–H groups in total. The molecule has 1 rings (SSSR count). The minimum Gasteiger partial charge on any atom is -0.409 e. The molecule has 0 radical (unpaired) electrons. The van der Waals surface area contributed by atoms with E-state index in [2.05, 4.69) is 19.0 Å². The van der Waals surface area contributed by atoms with E-state index in [9.17, 15) is 4.79 Å². The van der Waals surface area contributed by atoms with Crippen LogP contribution in [-0.4, -0.2) is 34.9 Å². The quantitative estimate of drug-likeness (QED) is 0.368. The summed E-state index contributed by atoms with van der Waals surface area (Å²) >= 11 is 0. The van der Waals surface area contributed by atoms with Gasteiger partial charge in [0.1, 0.15) is 0 Å². The van der Waals surface area contributed by atoms with Gasteiger partial charge in [0.05, 0.1) is 0 Å². The average Bonchev–Trinajstić information content (AvgIpc) is 2.43. The van der Waals surface area contributed by atoms with Crippen LogP contribution < -0.4 is 5.73 Å². The zero-order valence-electron chi connectivity index (χ0n) is 11.6. The number of rotatable bonds is 5. The minimum absolute atomic E-state index is 0.00144. The Labute approximate surface area is 113 Å². The highest BCUT2D eigenvalue weighted by molar-refractivity contribution is 6.01. The van der Waals surface area contributed by atoms with E-state index >= 15 is 0 Å². The third-order valence-electron chi connectivity index (χ3n) is 2.77. The number of benzene rings is 1. The molecule has 0 saturated heterocycles. The summed E-state index contributed by atoms with van der Waals surface area (Å²) in [6.45, 7) is 7.47. The van der Waals surface area contributed by atoms with Gasteiger partial charge in [-0.05, 0) is 25.0 Å². The van der Waals surface area contributed by atoms with Crippen molar-refractivity contribution in [3.63, 3.8) is 0 Å². The first-order valence-electron chi connectivity index (χ1n) is 6.36. The van der Waals surface area contributed by atoms with Crippen LogP contribution >= 0.6 is 0 Å². The molecule has 0 fully saturated rings. The lowest BCUT2D eigenvalue weighted by atomic mass is 10.1. The molecule has 0 spiro atoms. The molecule has 0 bridgehead atoms. The molecule has 0 saturated carbocycles. The largest absolute Gasteiger partial charge is 0.409 e. The van der Waals surface area contributed by atoms with Crippen molar-refractivity contribution in [2.45, 2.75) is 20.8 Å². The SMILES string of the molecule is CCN(CC(C)C)C(=O)c1cccc(/C(N)=N/O)c1. The zero-order valence-corrected chi connectivity index (χ0v) is 11.6. The van der Waals surface area contributed by atoms with Crippen LogP contribution in [-0.2, 0) is 0 Å². The summed E-state index contributed by atoms with van der Waals surface area (Å²) in [5.41, 5.74) is 6.61. The van der Waals surface area contributed by atoms with Gasteiger partial charge in [0, 0.05) is 24.2 Å². The first kappa shape index (κ1) is 15.0. The molecule has 0 aromatic heterocycles. The molecule has 1 amide bonds. The third kappa shape index (κ3) is 3.98. The van der Waals surface area contributed by atoms with Crippen LogP contribution in [0.25, 0.3) is 0 Å². The molecule has 5 heteroatoms. The van der Waals surface area contributed by atoms with Gasteiger partial charge in [0.15, 0.2) is 5.84 Å². The van der Waals surface area contributed by atoms with Crippen molar-refractivity contribution in [1.82, 2.24) is 4.90 Å². The second-order valence-electron chi connectivity index (χ2n) is 4.80. The molecular weight excluding hydrogens is 242 g/mol. The molecule has 0 aliphatic rings. The number of nitrogens with two attached hydrogens (primary N) is 1. The monoisotopic (exact) mass is 263 g/mol. The average molecular weight is 263 g/mol. The molecule has 1 aromatic carbocycles. The predicted molar refractivity (Wildman–Crippen MR) is 75.4 cm³/mol. The van der Waals surface area contributed by atoms with Crippen molar-refractivity contribution in [2.75, 3.05) is 13.1 Å². The Morgan fingerprint density at radius 3 is 2.58 bits per heavy atom. The number of carbonyl (C=O) groups excluding carboxylic acids is 1. The lowest BCUT2D eigenvalue weighted by Crippen LogP contribution is -2.34. The highest BCUT2D eigenvalue weighted by Crippen LogP contribution is 2.10. The Kier molecular flexibility index (Phi) is 5.36. The maximum atomic E-state index is 12.4. The summed E-state index contributed by atoms with van der Waals surface area (Å²) in [7, 11) is 0. The van der Waals surface area contributed by atoms with Gasteiger partial charge >= 0.3 is 0 Å². The minimum atomic E-state index is -0.0382. The van der Waals surface area contributed by atoms with Crippen LogP contribution in [0.15, 0.2) is 29.4 Å². The van der Waals surface area contributed by atoms with Gasteiger partial charge in [-0.25, -0.2) is 0 Å². The molecule has 104 valence electrons. The Balaban J connectivity index is 2.98. The summed E-state index contributed by atoms with van der Waals surface area (Å²) < 4.78 is 0. The van der Waals surface area contributed by atoms with Crippen LogP contribution in [0.1, 0.15) is 36.7 Å². The Morgan fingerprint density at radius 1 is 1.42 bits per heavy atom. The van der Waals surface area contributed by atoms with E-state index in [-0.39, 0.29) is 11.7 Å². The molecule has 0 heterocycles. The van der Waals surface area contributed by atoms with Crippen molar-refractivity contribution >= 4 is 11.7 Å². The van der Waals surface area contributed by atoms with Gasteiger partial charge in [0.2, 0.25) is 0 Å². The number of amides is 1. The van der Waals surface area contributed by atoms with E-state index in [1.54, 1.807) is 29.2 Å². The molecule has 0 unspecified atom stereocenters. The summed E-state index contributed by atoms with van der Waals surface area (Å²) in [5, 5.41) is 11.6. The Bertz CT molecular complexity index is 470. The molecule has 0 aliphatic heterocycles. The number of nitrogens with zero attached hydrogens (tertiary/aromatic N) is 2. The highest BCUT2D eigenvalue weighted by Gasteiger charge is 2.15. The Hall–Kier alpha value is -2.04. The lowest BCUT2D eigenvalue weighted by Gasteiger charge is -2.23. The fraction of sp³-hybridized carbons (Fsp3) is 0.429. The van der Waals surface area contributed by atoms with Crippen LogP contribution in [0.4, 0.5) is 0 Å². The molecule has 0 atom stereocenters. The highest BCUT2D eigenvalue weighted by atomic mass is 16.4. The second kappa shape index (κ2) is 6.78. The van der Waals surface area contributed by atoms with Crippen LogP contribution in [0, 0.1) is 5.92 Å². The topological polar surface area (TPSA) is 78.9 Å². The van der Waals surface area contributed by atoms with Gasteiger partial charge in [-0.2, -0.15) is 0 Å². The normalized spacial score (nSPS) is 11.7. The number of carbonyl (C=O) groups is 1. The summed E-state index contributed by atoms with van der Waals surface area (Å²) in [4.78, 5) is 14.1. The van der Waals surface area contributed by atoms with Gasteiger partial charge in [0.25, 0.3) is 5.91 Å². The van der Waals surface area contributed by atoms with Gasteiger partial charge in [-0.1, -0.05) is 31.1 Å². The number of hydrogen-bond acceptors (Lipinski definition) is 3. The third-order valence-corrected chi connectivity index (χ3v) is 2.77. The molecule has 1 aromatic rings. The van der Waals surface area contributed by atoms with E-state index in [1.165, 1.54) is 0 Å². The first-order chi connectivity index (χ1) is 8.99. The summed E-state index contributed by atoms with van der Waals surface area (Å²) in [6, 6.07) is 6.80. The molecule has 0 aliphatic carbocycles. The molecular formula is C14H21N3O2. The maximum Gasteiger partial charge on any atom is 0.253 e. The predicted octanol–water partition coefficient (Wildman–Crippen LogP) is 1.90. The van der Waals surface area contributed by atoms with E-state index in [0.717, 1.165) is 0 Å². The van der Waals surface area contributed by atoms with Crippen molar-refractivity contribution in [3.05, 3.63) is 35.4 Å². The van der Waals surface area contributed by atoms with E-state index in [0.29, 0.717) is 30.1 Å². The van der Waals surface area contributed by atoms with Gasteiger partial charge in [-0.15, -0.1) is 0 Å². The van der Waals surface area contributed by atoms with Gasteiger partial charge < -0.3 is 15.8 Å². The van der Waals surface area contributed by atoms with E-state index in [1.807, 2.05) is 6.92 Å². The number of hydrogen-bond donors (Lipinski definition) is 2. The van der Waals surface area contributed by atoms with E-state index < -0.39 is 0 Å². The maximum absolute atomic E-state index is 12.4. The standard InChI is InChI=1S/C14H21N3O2/c1-4-17(9-10(2)3)14(18)12-7-5-6-11(8-12)13(15)16-19/h5-8,10,19H,4,9H2,1-3H3,(H2,15,16). The molecule has 19 heavy (non-hydrogen) atoms. The van der Waals surface area contributed by atoms with E-state index in [4.69, 9.17) is 10.9 Å². The zero-order chi connectivity index (χ0) is 14.4. The van der Waals surface area contributed by atoms with Crippen molar-refractivity contribution < 1.29 is 10.0 Å². The van der Waals surface area contributed by atoms with Crippen LogP contribution in [0.5, 0.6) is 0 Å². The first-order valence-corrected chi connectivity index (χ1v) is 6.36. The second-order valence-corrected chi connectivity index (χ2v) is 4.80. The van der Waals surface area contributed by atoms with Gasteiger partial charge in [-0.3, -0.25) is 4.79 Å². The molecule has 5 nitrogen and oxygen atoms in total. The van der Waals surface area contributed by atoms with Crippen molar-refractivity contribution in [2.24, 2.45) is 16.8 Å². The fourth-order valence-corrected chi connectivity index (χ4v) is 1.85. The summed E-state index contributed by atoms with van der Waals surface area (Å²) in [6.07, 6.45) is 0. The van der Waals surface area contributed by atoms with Crippen molar-refractivity contribution in [3.8, 4) is 0 Å². The van der Waals surface area contributed by atoms with Crippen LogP contribution in [0.2, 0.25) is 0 Å². The summed E-state index contributed by atoms with van der Waals surface area (Å²) in [5.74, 6) is 0.376. The van der Waals surface area contributed by atoms with Crippen LogP contribution in [0.3, 0.4) is 0 Å².